The first-order valence-corrected chi connectivity index (χ1v) is 8.12. The second-order valence-corrected chi connectivity index (χ2v) is 6.75. The third kappa shape index (κ3) is 3.27. The molecule has 2 heteroatoms. The van der Waals surface area contributed by atoms with E-state index in [9.17, 15) is 0 Å². The SMILES string of the molecule is CCC1CCC(N2CCC(C)NC(C)CC2)C1C. The van der Waals surface area contributed by atoms with Crippen LogP contribution in [0.2, 0.25) is 0 Å². The van der Waals surface area contributed by atoms with E-state index in [4.69, 9.17) is 0 Å². The van der Waals surface area contributed by atoms with Gasteiger partial charge in [0, 0.05) is 18.1 Å². The molecule has 5 atom stereocenters. The molecule has 0 aromatic carbocycles. The van der Waals surface area contributed by atoms with Crippen molar-refractivity contribution < 1.29 is 0 Å². The van der Waals surface area contributed by atoms with Gasteiger partial charge in [-0.3, -0.25) is 4.90 Å². The summed E-state index contributed by atoms with van der Waals surface area (Å²) >= 11 is 0. The molecule has 18 heavy (non-hydrogen) atoms. The molecule has 2 fully saturated rings. The maximum Gasteiger partial charge on any atom is 0.0124 e. The van der Waals surface area contributed by atoms with Gasteiger partial charge in [-0.2, -0.15) is 0 Å². The molecule has 2 rings (SSSR count). The smallest absolute Gasteiger partial charge is 0.0124 e. The minimum Gasteiger partial charge on any atom is -0.312 e. The molecule has 0 radical (unpaired) electrons. The van der Waals surface area contributed by atoms with Gasteiger partial charge < -0.3 is 5.32 Å². The Hall–Kier alpha value is -0.0800. The highest BCUT2D eigenvalue weighted by Gasteiger charge is 2.35. The van der Waals surface area contributed by atoms with E-state index < -0.39 is 0 Å². The van der Waals surface area contributed by atoms with Gasteiger partial charge >= 0.3 is 0 Å². The molecule has 1 aliphatic carbocycles. The van der Waals surface area contributed by atoms with Crippen LogP contribution < -0.4 is 5.32 Å². The maximum absolute atomic E-state index is 3.70. The van der Waals surface area contributed by atoms with Crippen molar-refractivity contribution >= 4 is 0 Å². The van der Waals surface area contributed by atoms with E-state index in [0.29, 0.717) is 12.1 Å². The van der Waals surface area contributed by atoms with Gasteiger partial charge in [0.15, 0.2) is 0 Å². The van der Waals surface area contributed by atoms with Crippen molar-refractivity contribution in [3.05, 3.63) is 0 Å². The predicted octanol–water partition coefficient (Wildman–Crippen LogP) is 3.27. The van der Waals surface area contributed by atoms with Crippen molar-refractivity contribution in [3.8, 4) is 0 Å². The predicted molar refractivity (Wildman–Crippen MR) is 78.8 cm³/mol. The molecule has 1 heterocycles. The monoisotopic (exact) mass is 252 g/mol. The van der Waals surface area contributed by atoms with Crippen LogP contribution in [0.5, 0.6) is 0 Å². The summed E-state index contributed by atoms with van der Waals surface area (Å²) in [5, 5.41) is 3.70. The Kier molecular flexibility index (Phi) is 5.08. The van der Waals surface area contributed by atoms with Gasteiger partial charge in [-0.05, 0) is 64.5 Å². The van der Waals surface area contributed by atoms with E-state index in [1.165, 1.54) is 45.2 Å². The molecule has 0 aromatic rings. The molecule has 0 amide bonds. The van der Waals surface area contributed by atoms with Crippen LogP contribution in [0, 0.1) is 11.8 Å². The Balaban J connectivity index is 1.94. The fourth-order valence-electron chi connectivity index (χ4n) is 4.13. The van der Waals surface area contributed by atoms with E-state index in [1.807, 2.05) is 0 Å². The maximum atomic E-state index is 3.70. The van der Waals surface area contributed by atoms with Crippen LogP contribution in [0.3, 0.4) is 0 Å². The molecule has 106 valence electrons. The molecule has 1 N–H and O–H groups in total. The third-order valence-corrected chi connectivity index (χ3v) is 5.44. The van der Waals surface area contributed by atoms with Gasteiger partial charge in [0.25, 0.3) is 0 Å². The van der Waals surface area contributed by atoms with E-state index in [2.05, 4.69) is 37.9 Å². The van der Waals surface area contributed by atoms with Crippen LogP contribution in [0.25, 0.3) is 0 Å². The Labute approximate surface area is 114 Å². The summed E-state index contributed by atoms with van der Waals surface area (Å²) in [6, 6.07) is 2.23. The Bertz CT molecular complexity index is 241. The first-order chi connectivity index (χ1) is 8.61. The summed E-state index contributed by atoms with van der Waals surface area (Å²) in [6.45, 7) is 12.1. The molecule has 1 saturated heterocycles. The Morgan fingerprint density at radius 2 is 1.56 bits per heavy atom. The molecular formula is C16H32N2. The minimum absolute atomic E-state index is 0.682. The van der Waals surface area contributed by atoms with Gasteiger partial charge in [-0.25, -0.2) is 0 Å². The zero-order chi connectivity index (χ0) is 13.1. The van der Waals surface area contributed by atoms with E-state index in [-0.39, 0.29) is 0 Å². The molecule has 2 aliphatic rings. The van der Waals surface area contributed by atoms with Crippen LogP contribution in [-0.2, 0) is 0 Å². The fourth-order valence-corrected chi connectivity index (χ4v) is 4.13. The van der Waals surface area contributed by atoms with Crippen LogP contribution in [0.4, 0.5) is 0 Å². The van der Waals surface area contributed by atoms with E-state index >= 15 is 0 Å². The summed E-state index contributed by atoms with van der Waals surface area (Å²) in [5.74, 6) is 1.89. The molecule has 0 aromatic heterocycles. The highest BCUT2D eigenvalue weighted by atomic mass is 15.2. The number of hydrogen-bond acceptors (Lipinski definition) is 2. The highest BCUT2D eigenvalue weighted by molar-refractivity contribution is 4.89. The van der Waals surface area contributed by atoms with Crippen molar-refractivity contribution in [1.82, 2.24) is 10.2 Å². The first kappa shape index (κ1) is 14.3. The van der Waals surface area contributed by atoms with Gasteiger partial charge in [-0.1, -0.05) is 20.3 Å². The molecule has 1 saturated carbocycles. The average molecular weight is 252 g/mol. The second kappa shape index (κ2) is 6.38. The van der Waals surface area contributed by atoms with Gasteiger partial charge in [0.2, 0.25) is 0 Å². The summed E-state index contributed by atoms with van der Waals surface area (Å²) in [7, 11) is 0. The molecule has 5 unspecified atom stereocenters. The van der Waals surface area contributed by atoms with E-state index in [0.717, 1.165) is 17.9 Å². The third-order valence-electron chi connectivity index (χ3n) is 5.44. The van der Waals surface area contributed by atoms with E-state index in [1.54, 1.807) is 0 Å². The molecule has 1 aliphatic heterocycles. The molecule has 0 bridgehead atoms. The Morgan fingerprint density at radius 3 is 2.06 bits per heavy atom. The number of nitrogens with one attached hydrogen (secondary N) is 1. The minimum atomic E-state index is 0.682. The topological polar surface area (TPSA) is 15.3 Å². The average Bonchev–Trinajstić information content (AvgIpc) is 2.68. The van der Waals surface area contributed by atoms with Crippen molar-refractivity contribution in [3.63, 3.8) is 0 Å². The van der Waals surface area contributed by atoms with Crippen LogP contribution in [0.15, 0.2) is 0 Å². The zero-order valence-electron chi connectivity index (χ0n) is 12.8. The summed E-state index contributed by atoms with van der Waals surface area (Å²) < 4.78 is 0. The Morgan fingerprint density at radius 1 is 0.944 bits per heavy atom. The van der Waals surface area contributed by atoms with Gasteiger partial charge in [-0.15, -0.1) is 0 Å². The van der Waals surface area contributed by atoms with Gasteiger partial charge in [0.1, 0.15) is 0 Å². The van der Waals surface area contributed by atoms with Crippen LogP contribution in [0.1, 0.15) is 59.8 Å². The van der Waals surface area contributed by atoms with Crippen molar-refractivity contribution in [2.24, 2.45) is 11.8 Å². The lowest BCUT2D eigenvalue weighted by Crippen LogP contribution is -2.47. The number of rotatable bonds is 2. The standard InChI is InChI=1S/C16H32N2/c1-5-15-6-7-16(14(15)4)18-10-8-12(2)17-13(3)9-11-18/h12-17H,5-11H2,1-4H3. The second-order valence-electron chi connectivity index (χ2n) is 6.75. The highest BCUT2D eigenvalue weighted by Crippen LogP contribution is 2.37. The van der Waals surface area contributed by atoms with Crippen molar-refractivity contribution in [1.29, 1.82) is 0 Å². The number of hydrogen-bond donors (Lipinski definition) is 1. The lowest BCUT2D eigenvalue weighted by atomic mass is 9.92. The number of nitrogens with zero attached hydrogens (tertiary/aromatic N) is 1. The lowest BCUT2D eigenvalue weighted by Gasteiger charge is -2.37. The summed E-state index contributed by atoms with van der Waals surface area (Å²) in [6.07, 6.45) is 6.90. The largest absolute Gasteiger partial charge is 0.312 e. The van der Waals surface area contributed by atoms with Crippen molar-refractivity contribution in [2.75, 3.05) is 13.1 Å². The van der Waals surface area contributed by atoms with Crippen molar-refractivity contribution in [2.45, 2.75) is 77.9 Å². The first-order valence-electron chi connectivity index (χ1n) is 8.12. The molecule has 0 spiro atoms. The molecule has 2 nitrogen and oxygen atoms in total. The van der Waals surface area contributed by atoms with Crippen LogP contribution >= 0.6 is 0 Å². The van der Waals surface area contributed by atoms with Crippen LogP contribution in [-0.4, -0.2) is 36.1 Å². The summed E-state index contributed by atoms with van der Waals surface area (Å²) in [4.78, 5) is 2.81. The summed E-state index contributed by atoms with van der Waals surface area (Å²) in [5.41, 5.74) is 0. The normalized spacial score (nSPS) is 43.7. The lowest BCUT2D eigenvalue weighted by molar-refractivity contribution is 0.129. The van der Waals surface area contributed by atoms with Gasteiger partial charge in [0.05, 0.1) is 0 Å². The fraction of sp³-hybridized carbons (Fsp3) is 1.00. The molecular weight excluding hydrogens is 220 g/mol. The zero-order valence-corrected chi connectivity index (χ0v) is 12.8. The quantitative estimate of drug-likeness (QED) is 0.811.